The number of nitrogens with one attached hydrogen (secondary N) is 1. The molecule has 0 spiro atoms. The molecule has 0 bridgehead atoms. The number of carbonyl (C=O) groups is 2. The van der Waals surface area contributed by atoms with Gasteiger partial charge in [0.05, 0.1) is 0 Å². The molecule has 5 heteroatoms. The summed E-state index contributed by atoms with van der Waals surface area (Å²) in [7, 11) is 0. The maximum atomic E-state index is 10.7. The molecule has 1 unspecified atom stereocenters. The maximum Gasteiger partial charge on any atom is 0.327 e. The van der Waals surface area contributed by atoms with Crippen molar-refractivity contribution < 1.29 is 14.7 Å². The summed E-state index contributed by atoms with van der Waals surface area (Å²) in [6.45, 7) is 7.14. The zero-order chi connectivity index (χ0) is 11.8. The fourth-order valence-corrected chi connectivity index (χ4v) is 1.92. The Morgan fingerprint density at radius 3 is 2.53 bits per heavy atom. The fraction of sp³-hybridized carbons (Fsp3) is 0.600. The van der Waals surface area contributed by atoms with Gasteiger partial charge in [0.1, 0.15) is 6.04 Å². The van der Waals surface area contributed by atoms with Crippen LogP contribution in [-0.4, -0.2) is 34.5 Å². The molecule has 0 rings (SSSR count). The third-order valence-corrected chi connectivity index (χ3v) is 2.95. The van der Waals surface area contributed by atoms with E-state index in [-0.39, 0.29) is 5.91 Å². The van der Waals surface area contributed by atoms with Gasteiger partial charge in [-0.25, -0.2) is 4.79 Å². The molecule has 0 heterocycles. The smallest absolute Gasteiger partial charge is 0.327 e. The molecule has 4 nitrogen and oxygen atoms in total. The van der Waals surface area contributed by atoms with E-state index in [1.54, 1.807) is 0 Å². The Labute approximate surface area is 94.1 Å². The van der Waals surface area contributed by atoms with Gasteiger partial charge in [-0.3, -0.25) is 4.79 Å². The molecule has 0 aliphatic heterocycles. The first-order chi connectivity index (χ1) is 6.97. The van der Waals surface area contributed by atoms with Crippen molar-refractivity contribution in [2.75, 3.05) is 11.5 Å². The number of carboxylic acid groups (broad SMARTS) is 1. The van der Waals surface area contributed by atoms with Gasteiger partial charge in [0.15, 0.2) is 0 Å². The van der Waals surface area contributed by atoms with Crippen molar-refractivity contribution in [2.24, 2.45) is 0 Å². The lowest BCUT2D eigenvalue weighted by molar-refractivity contribution is -0.140. The van der Waals surface area contributed by atoms with E-state index in [0.717, 1.165) is 17.7 Å². The summed E-state index contributed by atoms with van der Waals surface area (Å²) < 4.78 is 0. The Morgan fingerprint density at radius 1 is 1.53 bits per heavy atom. The van der Waals surface area contributed by atoms with E-state index < -0.39 is 12.0 Å². The van der Waals surface area contributed by atoms with Crippen molar-refractivity contribution in [1.29, 1.82) is 0 Å². The van der Waals surface area contributed by atoms with Crippen LogP contribution in [0.5, 0.6) is 0 Å². The van der Waals surface area contributed by atoms with Crippen LogP contribution >= 0.6 is 11.8 Å². The highest BCUT2D eigenvalue weighted by Crippen LogP contribution is 2.10. The second kappa shape index (κ2) is 7.34. The minimum atomic E-state index is -1.00. The Bertz CT molecular complexity index is 253. The van der Waals surface area contributed by atoms with E-state index in [9.17, 15) is 9.59 Å². The molecular formula is C10H17NO3S. The van der Waals surface area contributed by atoms with Crippen molar-refractivity contribution in [3.05, 3.63) is 12.2 Å². The highest BCUT2D eigenvalue weighted by molar-refractivity contribution is 7.99. The summed E-state index contributed by atoms with van der Waals surface area (Å²) in [5.41, 5.74) is 1.08. The molecule has 0 aromatic carbocycles. The minimum absolute atomic E-state index is 0.322. The number of thioether (sulfide) groups is 1. The van der Waals surface area contributed by atoms with Crippen LogP contribution in [0.25, 0.3) is 0 Å². The fourth-order valence-electron chi connectivity index (χ4n) is 0.843. The molecule has 0 saturated carbocycles. The number of amides is 1. The van der Waals surface area contributed by atoms with E-state index in [4.69, 9.17) is 5.11 Å². The number of rotatable bonds is 7. The van der Waals surface area contributed by atoms with Crippen LogP contribution in [0.2, 0.25) is 0 Å². The number of hydrogen-bond donors (Lipinski definition) is 2. The quantitative estimate of drug-likeness (QED) is 0.648. The molecule has 1 amide bonds. The SMILES string of the molecule is C=C(CC)CSCC(NC(C)=O)C(=O)O. The molecule has 2 N–H and O–H groups in total. The van der Waals surface area contributed by atoms with Gasteiger partial charge in [-0.05, 0) is 6.42 Å². The van der Waals surface area contributed by atoms with Crippen LogP contribution in [-0.2, 0) is 9.59 Å². The Hall–Kier alpha value is -0.970. The molecule has 1 atom stereocenters. The highest BCUT2D eigenvalue weighted by atomic mass is 32.2. The van der Waals surface area contributed by atoms with Crippen LogP contribution in [0.4, 0.5) is 0 Å². The largest absolute Gasteiger partial charge is 0.480 e. The third-order valence-electron chi connectivity index (χ3n) is 1.77. The molecule has 0 saturated heterocycles. The minimum Gasteiger partial charge on any atom is -0.480 e. The number of aliphatic carboxylic acids is 1. The molecule has 0 aliphatic carbocycles. The second-order valence-electron chi connectivity index (χ2n) is 3.21. The van der Waals surface area contributed by atoms with E-state index in [2.05, 4.69) is 11.9 Å². The lowest BCUT2D eigenvalue weighted by atomic mass is 10.3. The third kappa shape index (κ3) is 7.02. The van der Waals surface area contributed by atoms with Crippen molar-refractivity contribution >= 4 is 23.6 Å². The summed E-state index contributed by atoms with van der Waals surface area (Å²) in [4.78, 5) is 21.4. The zero-order valence-electron chi connectivity index (χ0n) is 9.08. The summed E-state index contributed by atoms with van der Waals surface area (Å²) >= 11 is 1.47. The normalized spacial score (nSPS) is 11.9. The van der Waals surface area contributed by atoms with Gasteiger partial charge in [0.2, 0.25) is 5.91 Å². The average molecular weight is 231 g/mol. The average Bonchev–Trinajstić information content (AvgIpc) is 2.15. The monoisotopic (exact) mass is 231 g/mol. The topological polar surface area (TPSA) is 66.4 Å². The van der Waals surface area contributed by atoms with Crippen molar-refractivity contribution in [3.63, 3.8) is 0 Å². The second-order valence-corrected chi connectivity index (χ2v) is 4.24. The molecular weight excluding hydrogens is 214 g/mol. The van der Waals surface area contributed by atoms with Crippen LogP contribution in [0.15, 0.2) is 12.2 Å². The first kappa shape index (κ1) is 14.0. The highest BCUT2D eigenvalue weighted by Gasteiger charge is 2.17. The molecule has 0 aliphatic rings. The standard InChI is InChI=1S/C10H17NO3S/c1-4-7(2)5-15-6-9(10(13)14)11-8(3)12/h9H,2,4-6H2,1,3H3,(H,11,12)(H,13,14). The zero-order valence-corrected chi connectivity index (χ0v) is 9.89. The molecule has 0 radical (unpaired) electrons. The molecule has 15 heavy (non-hydrogen) atoms. The van der Waals surface area contributed by atoms with Gasteiger partial charge >= 0.3 is 5.97 Å². The van der Waals surface area contributed by atoms with Gasteiger partial charge in [0.25, 0.3) is 0 Å². The first-order valence-corrected chi connectivity index (χ1v) is 5.87. The Kier molecular flexibility index (Phi) is 6.86. The lowest BCUT2D eigenvalue weighted by Gasteiger charge is -2.12. The lowest BCUT2D eigenvalue weighted by Crippen LogP contribution is -2.41. The van der Waals surface area contributed by atoms with E-state index in [0.29, 0.717) is 5.75 Å². The number of carbonyl (C=O) groups excluding carboxylic acids is 1. The first-order valence-electron chi connectivity index (χ1n) is 4.71. The maximum absolute atomic E-state index is 10.7. The van der Waals surface area contributed by atoms with Gasteiger partial charge in [-0.15, -0.1) is 0 Å². The molecule has 0 fully saturated rings. The van der Waals surface area contributed by atoms with Crippen LogP contribution in [0.1, 0.15) is 20.3 Å². The van der Waals surface area contributed by atoms with E-state index in [1.807, 2.05) is 6.92 Å². The van der Waals surface area contributed by atoms with Gasteiger partial charge in [-0.1, -0.05) is 19.1 Å². The van der Waals surface area contributed by atoms with Crippen molar-refractivity contribution in [3.8, 4) is 0 Å². The molecule has 0 aromatic rings. The number of hydrogen-bond acceptors (Lipinski definition) is 3. The Balaban J connectivity index is 3.91. The van der Waals surface area contributed by atoms with Gasteiger partial charge in [0, 0.05) is 18.4 Å². The van der Waals surface area contributed by atoms with Crippen molar-refractivity contribution in [2.45, 2.75) is 26.3 Å². The number of carboxylic acids is 1. The van der Waals surface area contributed by atoms with E-state index in [1.165, 1.54) is 18.7 Å². The summed E-state index contributed by atoms with van der Waals surface area (Å²) in [6.07, 6.45) is 0.894. The summed E-state index contributed by atoms with van der Waals surface area (Å²) in [5.74, 6) is -0.217. The van der Waals surface area contributed by atoms with Gasteiger partial charge in [-0.2, -0.15) is 11.8 Å². The van der Waals surface area contributed by atoms with Crippen molar-refractivity contribution in [1.82, 2.24) is 5.32 Å². The van der Waals surface area contributed by atoms with Crippen LogP contribution in [0, 0.1) is 0 Å². The van der Waals surface area contributed by atoms with Gasteiger partial charge < -0.3 is 10.4 Å². The predicted octanol–water partition coefficient (Wildman–Crippen LogP) is 1.28. The molecule has 86 valence electrons. The molecule has 0 aromatic heterocycles. The summed E-state index contributed by atoms with van der Waals surface area (Å²) in [5, 5.41) is 11.2. The van der Waals surface area contributed by atoms with Crippen LogP contribution in [0.3, 0.4) is 0 Å². The predicted molar refractivity (Wildman–Crippen MR) is 62.0 cm³/mol. The van der Waals surface area contributed by atoms with Crippen LogP contribution < -0.4 is 5.32 Å². The van der Waals surface area contributed by atoms with E-state index >= 15 is 0 Å². The Morgan fingerprint density at radius 2 is 2.13 bits per heavy atom. The summed E-state index contributed by atoms with van der Waals surface area (Å²) in [6, 6.07) is -0.808.